The van der Waals surface area contributed by atoms with Crippen LogP contribution >= 0.6 is 19.3 Å². The molecular weight excluding hydrogens is 429 g/mol. The van der Waals surface area contributed by atoms with Gasteiger partial charge in [0.05, 0.1) is 12.7 Å². The molecular formula is C16H23ClN3O8P. The second-order valence-corrected chi connectivity index (χ2v) is 9.89. The molecule has 1 aromatic heterocycles. The van der Waals surface area contributed by atoms with E-state index in [0.717, 1.165) is 10.6 Å². The van der Waals surface area contributed by atoms with Gasteiger partial charge in [-0.2, -0.15) is 0 Å². The highest BCUT2D eigenvalue weighted by atomic mass is 35.5. The van der Waals surface area contributed by atoms with E-state index in [0.29, 0.717) is 0 Å². The van der Waals surface area contributed by atoms with Gasteiger partial charge >= 0.3 is 19.4 Å². The van der Waals surface area contributed by atoms with Crippen LogP contribution in [0.1, 0.15) is 33.9 Å². The summed E-state index contributed by atoms with van der Waals surface area (Å²) >= 11 is 6.65. The fraction of sp³-hybridized carbons (Fsp3) is 0.688. The van der Waals surface area contributed by atoms with Gasteiger partial charge in [0.25, 0.3) is 5.56 Å². The average Bonchev–Trinajstić information content (AvgIpc) is 2.85. The molecule has 162 valence electrons. The number of aromatic nitrogens is 2. The van der Waals surface area contributed by atoms with E-state index in [-0.39, 0.29) is 12.7 Å². The number of aromatic amines is 1. The molecule has 0 bridgehead atoms. The molecule has 0 aromatic carbocycles. The maximum atomic E-state index is 13.0. The lowest BCUT2D eigenvalue weighted by Crippen LogP contribution is -2.47. The first kappa shape index (κ1) is 22.2. The summed E-state index contributed by atoms with van der Waals surface area (Å²) in [6, 6.07) is 0.201. The van der Waals surface area contributed by atoms with E-state index in [1.807, 2.05) is 0 Å². The maximum absolute atomic E-state index is 13.0. The number of nitrogens with one attached hydrogen (secondary N) is 2. The number of esters is 1. The topological polar surface area (TPSA) is 138 Å². The van der Waals surface area contributed by atoms with Crippen LogP contribution in [0.4, 0.5) is 0 Å². The molecule has 0 saturated carbocycles. The number of carbonyl (C=O) groups is 1. The van der Waals surface area contributed by atoms with Crippen LogP contribution in [0.2, 0.25) is 0 Å². The number of nitrogens with zero attached hydrogens (tertiary/aromatic N) is 1. The van der Waals surface area contributed by atoms with E-state index in [4.69, 9.17) is 30.1 Å². The van der Waals surface area contributed by atoms with Gasteiger partial charge in [-0.05, 0) is 27.7 Å². The SMILES string of the molecule is CC(C)OC(=O)[C@H](C)N[P@]1(=O)OC[C@H]2O[C@@H](n3ccc(=O)[nH]c3=O)[C@](C)(Cl)[C@@H]2O1. The molecule has 6 atom stereocenters. The highest BCUT2D eigenvalue weighted by Crippen LogP contribution is 2.57. The Hall–Kier alpha value is -1.49. The molecule has 2 N–H and O–H groups in total. The first-order valence-corrected chi connectivity index (χ1v) is 10.9. The van der Waals surface area contributed by atoms with Crippen LogP contribution in [0.5, 0.6) is 0 Å². The van der Waals surface area contributed by atoms with Gasteiger partial charge in [0.15, 0.2) is 6.23 Å². The Morgan fingerprint density at radius 2 is 2.14 bits per heavy atom. The number of H-pyrrole nitrogens is 1. The second kappa shape index (κ2) is 7.98. The zero-order valence-corrected chi connectivity index (χ0v) is 17.9. The molecule has 2 fully saturated rings. The van der Waals surface area contributed by atoms with Crippen molar-refractivity contribution in [2.24, 2.45) is 0 Å². The number of hydrogen-bond acceptors (Lipinski definition) is 8. The summed E-state index contributed by atoms with van der Waals surface area (Å²) in [6.07, 6.45) is -1.73. The van der Waals surface area contributed by atoms with Crippen LogP contribution in [0.15, 0.2) is 21.9 Å². The van der Waals surface area contributed by atoms with Crippen molar-refractivity contribution in [1.29, 1.82) is 0 Å². The summed E-state index contributed by atoms with van der Waals surface area (Å²) in [4.78, 5) is 36.2. The van der Waals surface area contributed by atoms with Gasteiger partial charge in [0.1, 0.15) is 23.1 Å². The molecule has 0 amide bonds. The van der Waals surface area contributed by atoms with E-state index in [9.17, 15) is 18.9 Å². The Balaban J connectivity index is 1.79. The minimum atomic E-state index is -3.92. The van der Waals surface area contributed by atoms with E-state index < -0.39 is 54.3 Å². The van der Waals surface area contributed by atoms with Crippen molar-refractivity contribution >= 4 is 25.3 Å². The van der Waals surface area contributed by atoms with Crippen molar-refractivity contribution in [3.8, 4) is 0 Å². The molecule has 2 saturated heterocycles. The minimum absolute atomic E-state index is 0.141. The normalized spacial score (nSPS) is 35.3. The first-order valence-electron chi connectivity index (χ1n) is 9.00. The highest BCUT2D eigenvalue weighted by Gasteiger charge is 2.60. The fourth-order valence-electron chi connectivity index (χ4n) is 3.16. The standard InChI is InChI=1S/C16H23ClN3O8P/c1-8(2)26-13(22)9(3)19-29(24)25-7-10-12(28-29)16(4,17)14(27-10)20-6-5-11(21)18-15(20)23/h5-6,8-10,12,14H,7H2,1-4H3,(H,19,24)(H,18,21,23)/t9-,10+,12+,14+,16+,29-/m0/s1. The number of alkyl halides is 1. The van der Waals surface area contributed by atoms with E-state index >= 15 is 0 Å². The lowest BCUT2D eigenvalue weighted by atomic mass is 10.0. The van der Waals surface area contributed by atoms with Crippen LogP contribution in [0.3, 0.4) is 0 Å². The first-order chi connectivity index (χ1) is 13.4. The number of carbonyl (C=O) groups excluding carboxylic acids is 1. The Morgan fingerprint density at radius 1 is 1.45 bits per heavy atom. The van der Waals surface area contributed by atoms with Crippen LogP contribution in [-0.4, -0.2) is 51.4 Å². The van der Waals surface area contributed by atoms with Crippen molar-refractivity contribution < 1.29 is 27.9 Å². The zero-order chi connectivity index (χ0) is 21.6. The Bertz CT molecular complexity index is 945. The van der Waals surface area contributed by atoms with Crippen molar-refractivity contribution in [3.63, 3.8) is 0 Å². The zero-order valence-electron chi connectivity index (χ0n) is 16.3. The third-order valence-electron chi connectivity index (χ3n) is 4.50. The summed E-state index contributed by atoms with van der Waals surface area (Å²) in [5.41, 5.74) is -1.27. The highest BCUT2D eigenvalue weighted by molar-refractivity contribution is 7.51. The molecule has 3 heterocycles. The third-order valence-corrected chi connectivity index (χ3v) is 6.60. The van der Waals surface area contributed by atoms with Crippen LogP contribution < -0.4 is 16.3 Å². The van der Waals surface area contributed by atoms with Gasteiger partial charge in [-0.25, -0.2) is 14.4 Å². The molecule has 13 heteroatoms. The van der Waals surface area contributed by atoms with Gasteiger partial charge < -0.3 is 9.47 Å². The molecule has 2 aliphatic heterocycles. The van der Waals surface area contributed by atoms with E-state index in [1.54, 1.807) is 20.8 Å². The maximum Gasteiger partial charge on any atom is 0.406 e. The summed E-state index contributed by atoms with van der Waals surface area (Å²) in [6.45, 7) is 6.28. The number of halogens is 1. The fourth-order valence-corrected chi connectivity index (χ4v) is 5.34. The van der Waals surface area contributed by atoms with Crippen molar-refractivity contribution in [2.45, 2.75) is 63.2 Å². The van der Waals surface area contributed by atoms with Crippen LogP contribution in [-0.2, 0) is 27.9 Å². The molecule has 0 unspecified atom stereocenters. The quantitative estimate of drug-likeness (QED) is 0.379. The minimum Gasteiger partial charge on any atom is -0.462 e. The van der Waals surface area contributed by atoms with Crippen molar-refractivity contribution in [2.75, 3.05) is 6.61 Å². The molecule has 2 aliphatic rings. The largest absolute Gasteiger partial charge is 0.462 e. The molecule has 11 nitrogen and oxygen atoms in total. The van der Waals surface area contributed by atoms with Crippen LogP contribution in [0.25, 0.3) is 0 Å². The lowest BCUT2D eigenvalue weighted by Gasteiger charge is -2.36. The Labute approximate surface area is 171 Å². The van der Waals surface area contributed by atoms with Gasteiger partial charge in [0, 0.05) is 12.3 Å². The van der Waals surface area contributed by atoms with Gasteiger partial charge in [0.2, 0.25) is 0 Å². The predicted molar refractivity (Wildman–Crippen MR) is 102 cm³/mol. The monoisotopic (exact) mass is 451 g/mol. The second-order valence-electron chi connectivity index (χ2n) is 7.35. The van der Waals surface area contributed by atoms with E-state index in [2.05, 4.69) is 10.1 Å². The number of ether oxygens (including phenoxy) is 2. The van der Waals surface area contributed by atoms with Crippen LogP contribution in [0, 0.1) is 0 Å². The Morgan fingerprint density at radius 3 is 2.76 bits per heavy atom. The third kappa shape index (κ3) is 4.50. The number of fused-ring (bicyclic) bond motifs is 1. The molecule has 1 aromatic rings. The summed E-state index contributed by atoms with van der Waals surface area (Å²) in [5.74, 6) is -0.612. The predicted octanol–water partition coefficient (Wildman–Crippen LogP) is 0.885. The molecule has 3 rings (SSSR count). The van der Waals surface area contributed by atoms with Gasteiger partial charge in [-0.1, -0.05) is 0 Å². The number of rotatable bonds is 5. The Kier molecular flexibility index (Phi) is 6.11. The summed E-state index contributed by atoms with van der Waals surface area (Å²) < 4.78 is 36.0. The van der Waals surface area contributed by atoms with Gasteiger partial charge in [-0.3, -0.25) is 28.2 Å². The van der Waals surface area contributed by atoms with E-state index in [1.165, 1.54) is 13.1 Å². The molecule has 0 spiro atoms. The molecule has 0 aliphatic carbocycles. The smallest absolute Gasteiger partial charge is 0.406 e. The average molecular weight is 452 g/mol. The summed E-state index contributed by atoms with van der Waals surface area (Å²) in [5, 5.41) is 2.53. The van der Waals surface area contributed by atoms with Crippen molar-refractivity contribution in [3.05, 3.63) is 33.1 Å². The molecule has 29 heavy (non-hydrogen) atoms. The van der Waals surface area contributed by atoms with Crippen molar-refractivity contribution in [1.82, 2.24) is 14.6 Å². The van der Waals surface area contributed by atoms with Gasteiger partial charge in [-0.15, -0.1) is 11.6 Å². The summed E-state index contributed by atoms with van der Waals surface area (Å²) in [7, 11) is -3.92. The number of hydrogen-bond donors (Lipinski definition) is 2. The lowest BCUT2D eigenvalue weighted by molar-refractivity contribution is -0.149. The molecule has 0 radical (unpaired) electrons.